The van der Waals surface area contributed by atoms with Gasteiger partial charge in [0.05, 0.1) is 0 Å². The number of nitrogens with zero attached hydrogens (tertiary/aromatic N) is 1. The third-order valence-electron chi connectivity index (χ3n) is 2.51. The second kappa shape index (κ2) is 6.70. The predicted molar refractivity (Wildman–Crippen MR) is 76.1 cm³/mol. The Bertz CT molecular complexity index is 370. The van der Waals surface area contributed by atoms with Crippen LogP contribution < -0.4 is 5.32 Å². The van der Waals surface area contributed by atoms with E-state index < -0.39 is 0 Å². The van der Waals surface area contributed by atoms with Crippen LogP contribution in [0.1, 0.15) is 17.5 Å². The van der Waals surface area contributed by atoms with Crippen LogP contribution >= 0.6 is 11.8 Å². The number of para-hydroxylation sites is 1. The molecule has 1 aliphatic rings. The molecule has 1 heterocycles. The van der Waals surface area contributed by atoms with Gasteiger partial charge in [0.2, 0.25) is 0 Å². The summed E-state index contributed by atoms with van der Waals surface area (Å²) in [4.78, 5) is 4.48. The van der Waals surface area contributed by atoms with E-state index in [1.807, 2.05) is 11.8 Å². The fourth-order valence-electron chi connectivity index (χ4n) is 1.65. The van der Waals surface area contributed by atoms with Gasteiger partial charge in [0.25, 0.3) is 0 Å². The number of hydrogen-bond acceptors (Lipinski definition) is 3. The van der Waals surface area contributed by atoms with Crippen molar-refractivity contribution in [1.82, 2.24) is 0 Å². The summed E-state index contributed by atoms with van der Waals surface area (Å²) in [6, 6.07) is 6.35. The molecular weight excluding hydrogens is 227 g/mol. The minimum atomic E-state index is 0. The number of aryl methyl sites for hydroxylation is 2. The number of thioether (sulfide) groups is 1. The summed E-state index contributed by atoms with van der Waals surface area (Å²) in [6.07, 6.45) is 1.20. The summed E-state index contributed by atoms with van der Waals surface area (Å²) in [5.41, 5.74) is 3.78. The summed E-state index contributed by atoms with van der Waals surface area (Å²) in [5.74, 6) is 1.18. The Morgan fingerprint density at radius 2 is 1.94 bits per heavy atom. The fraction of sp³-hybridized carbons (Fsp3) is 0.417. The van der Waals surface area contributed by atoms with Gasteiger partial charge < -0.3 is 5.32 Å². The number of nitrogens with one attached hydrogen (secondary N) is 1. The Balaban J connectivity index is 0.00000128. The van der Waals surface area contributed by atoms with Crippen molar-refractivity contribution in [3.8, 4) is 0 Å². The first-order chi connectivity index (χ1) is 7.27. The second-order valence-electron chi connectivity index (χ2n) is 3.78. The Labute approximate surface area is 124 Å². The van der Waals surface area contributed by atoms with E-state index >= 15 is 0 Å². The number of aliphatic imine (C=N–C) groups is 1. The van der Waals surface area contributed by atoms with Crippen LogP contribution in [0.3, 0.4) is 0 Å². The number of hydrogen-bond donors (Lipinski definition) is 1. The Morgan fingerprint density at radius 1 is 1.25 bits per heavy atom. The zero-order valence-corrected chi connectivity index (χ0v) is 10.0. The van der Waals surface area contributed by atoms with Crippen molar-refractivity contribution in [2.45, 2.75) is 20.3 Å². The van der Waals surface area contributed by atoms with Crippen LogP contribution in [-0.4, -0.2) is 47.0 Å². The van der Waals surface area contributed by atoms with E-state index in [0.717, 1.165) is 11.7 Å². The third-order valence-corrected chi connectivity index (χ3v) is 3.51. The minimum absolute atomic E-state index is 0. The van der Waals surface area contributed by atoms with Crippen molar-refractivity contribution in [3.63, 3.8) is 0 Å². The molecule has 0 saturated carbocycles. The third kappa shape index (κ3) is 3.52. The standard InChI is InChI=1S/C12H16N2S.Na.H/c1-9-5-3-6-10(2)11(9)14-12-13-7-4-8-15-12;;/h3,5-6H,4,7-8H2,1-2H3,(H,13,14);;. The maximum atomic E-state index is 4.48. The Morgan fingerprint density at radius 3 is 2.50 bits per heavy atom. The van der Waals surface area contributed by atoms with Gasteiger partial charge in [-0.2, -0.15) is 0 Å². The molecule has 1 aliphatic heterocycles. The summed E-state index contributed by atoms with van der Waals surface area (Å²) >= 11 is 1.81. The van der Waals surface area contributed by atoms with Crippen molar-refractivity contribution in [1.29, 1.82) is 0 Å². The zero-order chi connectivity index (χ0) is 10.7. The van der Waals surface area contributed by atoms with Gasteiger partial charge in [-0.3, -0.25) is 4.99 Å². The average molecular weight is 244 g/mol. The van der Waals surface area contributed by atoms with Crippen LogP contribution in [0.4, 0.5) is 5.69 Å². The normalized spacial score (nSPS) is 15.0. The number of benzene rings is 1. The molecule has 1 aromatic carbocycles. The van der Waals surface area contributed by atoms with Gasteiger partial charge in [-0.25, -0.2) is 0 Å². The van der Waals surface area contributed by atoms with Gasteiger partial charge in [-0.05, 0) is 31.4 Å². The van der Waals surface area contributed by atoms with Gasteiger partial charge in [0, 0.05) is 18.0 Å². The molecule has 4 heteroatoms. The van der Waals surface area contributed by atoms with Crippen LogP contribution in [0.2, 0.25) is 0 Å². The van der Waals surface area contributed by atoms with Crippen LogP contribution in [0.15, 0.2) is 23.2 Å². The first-order valence-electron chi connectivity index (χ1n) is 5.28. The zero-order valence-electron chi connectivity index (χ0n) is 9.21. The number of rotatable bonds is 1. The number of anilines is 1. The van der Waals surface area contributed by atoms with E-state index in [-0.39, 0.29) is 29.6 Å². The predicted octanol–water partition coefficient (Wildman–Crippen LogP) is 2.56. The molecule has 0 saturated heterocycles. The van der Waals surface area contributed by atoms with E-state index in [4.69, 9.17) is 0 Å². The quantitative estimate of drug-likeness (QED) is 0.768. The van der Waals surface area contributed by atoms with Crippen molar-refractivity contribution in [2.24, 2.45) is 4.99 Å². The SMILES string of the molecule is Cc1cccc(C)c1NC1=NCCCS1.[NaH]. The van der Waals surface area contributed by atoms with Gasteiger partial charge in [-0.15, -0.1) is 0 Å². The van der Waals surface area contributed by atoms with E-state index in [2.05, 4.69) is 42.4 Å². The van der Waals surface area contributed by atoms with Gasteiger partial charge >= 0.3 is 29.6 Å². The van der Waals surface area contributed by atoms with Crippen molar-refractivity contribution >= 4 is 52.2 Å². The average Bonchev–Trinajstić information content (AvgIpc) is 2.25. The van der Waals surface area contributed by atoms with Crippen LogP contribution in [0, 0.1) is 13.8 Å². The molecule has 2 rings (SSSR count). The van der Waals surface area contributed by atoms with Gasteiger partial charge in [0.1, 0.15) is 0 Å². The molecular formula is C12H17N2NaS. The van der Waals surface area contributed by atoms with Crippen molar-refractivity contribution in [2.75, 3.05) is 17.6 Å². The first kappa shape index (κ1) is 14.1. The molecule has 1 aromatic rings. The molecule has 0 spiro atoms. The van der Waals surface area contributed by atoms with Gasteiger partial charge in [0.15, 0.2) is 5.17 Å². The van der Waals surface area contributed by atoms with E-state index in [1.54, 1.807) is 0 Å². The molecule has 0 aliphatic carbocycles. The van der Waals surface area contributed by atoms with Gasteiger partial charge in [-0.1, -0.05) is 30.0 Å². The van der Waals surface area contributed by atoms with E-state index in [0.29, 0.717) is 0 Å². The Kier molecular flexibility index (Phi) is 5.90. The molecule has 0 unspecified atom stereocenters. The molecule has 82 valence electrons. The van der Waals surface area contributed by atoms with Crippen molar-refractivity contribution in [3.05, 3.63) is 29.3 Å². The van der Waals surface area contributed by atoms with Crippen LogP contribution in [-0.2, 0) is 0 Å². The molecule has 0 atom stereocenters. The summed E-state index contributed by atoms with van der Waals surface area (Å²) < 4.78 is 0. The molecule has 16 heavy (non-hydrogen) atoms. The summed E-state index contributed by atoms with van der Waals surface area (Å²) in [6.45, 7) is 5.22. The number of amidine groups is 1. The molecule has 0 bridgehead atoms. The van der Waals surface area contributed by atoms with Crippen LogP contribution in [0.5, 0.6) is 0 Å². The monoisotopic (exact) mass is 244 g/mol. The Hall–Kier alpha value is 0.0400. The summed E-state index contributed by atoms with van der Waals surface area (Å²) in [5, 5.41) is 4.50. The molecule has 1 N–H and O–H groups in total. The molecule has 0 aromatic heterocycles. The molecule has 0 amide bonds. The maximum absolute atomic E-state index is 4.48. The molecule has 0 fully saturated rings. The molecule has 0 radical (unpaired) electrons. The fourth-order valence-corrected chi connectivity index (χ4v) is 2.48. The van der Waals surface area contributed by atoms with Crippen LogP contribution in [0.25, 0.3) is 0 Å². The van der Waals surface area contributed by atoms with E-state index in [9.17, 15) is 0 Å². The summed E-state index contributed by atoms with van der Waals surface area (Å²) in [7, 11) is 0. The molecule has 2 nitrogen and oxygen atoms in total. The second-order valence-corrected chi connectivity index (χ2v) is 4.86. The topological polar surface area (TPSA) is 24.4 Å². The van der Waals surface area contributed by atoms with E-state index in [1.165, 1.54) is 29.0 Å². The first-order valence-corrected chi connectivity index (χ1v) is 6.26. The van der Waals surface area contributed by atoms with Crippen molar-refractivity contribution < 1.29 is 0 Å².